The van der Waals surface area contributed by atoms with Crippen LogP contribution < -0.4 is 5.73 Å². The molecule has 0 aromatic carbocycles. The monoisotopic (exact) mass is 144 g/mol. The summed E-state index contributed by atoms with van der Waals surface area (Å²) in [6.07, 6.45) is 1.80. The molecule has 0 saturated carbocycles. The number of hydrogen-bond donors (Lipinski definition) is 1. The van der Waals surface area contributed by atoms with Crippen molar-refractivity contribution in [1.82, 2.24) is 14.8 Å². The highest BCUT2D eigenvalue weighted by Gasteiger charge is 2.03. The summed E-state index contributed by atoms with van der Waals surface area (Å²) in [7, 11) is 0. The van der Waals surface area contributed by atoms with Gasteiger partial charge < -0.3 is 5.73 Å². The predicted octanol–water partition coefficient (Wildman–Crippen LogP) is -0.425. The molecule has 0 amide bonds. The molecule has 0 saturated heterocycles. The number of nitrogens with zero attached hydrogens (tertiary/aromatic N) is 3. The van der Waals surface area contributed by atoms with Crippen molar-refractivity contribution in [1.29, 1.82) is 0 Å². The molecule has 0 aliphatic carbocycles. The fourth-order valence-corrected chi connectivity index (χ4v) is 0.605. The van der Waals surface area contributed by atoms with Crippen LogP contribution in [0.25, 0.3) is 0 Å². The lowest BCUT2D eigenvalue weighted by atomic mass is 10.4. The molecule has 0 bridgehead atoms. The maximum atomic E-state index is 12.5. The number of nitrogens with two attached hydrogens (primary N) is 1. The van der Waals surface area contributed by atoms with Crippen LogP contribution in [0.4, 0.5) is 4.39 Å². The number of hydrogen-bond acceptors (Lipinski definition) is 3. The Balaban J connectivity index is 2.40. The van der Waals surface area contributed by atoms with Crippen LogP contribution in [-0.4, -0.2) is 27.5 Å². The van der Waals surface area contributed by atoms with E-state index in [0.717, 1.165) is 0 Å². The van der Waals surface area contributed by atoms with E-state index in [1.165, 1.54) is 17.3 Å². The largest absolute Gasteiger partial charge is 0.328 e. The van der Waals surface area contributed by atoms with Gasteiger partial charge in [-0.1, -0.05) is 0 Å². The lowest BCUT2D eigenvalue weighted by Crippen LogP contribution is -2.21. The fourth-order valence-electron chi connectivity index (χ4n) is 0.605. The SMILES string of the molecule is NCC(F)Cn1cncn1. The second-order valence-corrected chi connectivity index (χ2v) is 1.95. The first-order valence-corrected chi connectivity index (χ1v) is 2.99. The van der Waals surface area contributed by atoms with Crippen LogP contribution in [0, 0.1) is 0 Å². The van der Waals surface area contributed by atoms with Gasteiger partial charge in [0.1, 0.15) is 18.8 Å². The van der Waals surface area contributed by atoms with Crippen LogP contribution in [0.5, 0.6) is 0 Å². The third kappa shape index (κ3) is 1.77. The summed E-state index contributed by atoms with van der Waals surface area (Å²) in [6.45, 7) is 0.219. The zero-order valence-electron chi connectivity index (χ0n) is 5.44. The molecule has 56 valence electrons. The van der Waals surface area contributed by atoms with E-state index in [1.807, 2.05) is 0 Å². The highest BCUT2D eigenvalue weighted by atomic mass is 19.1. The van der Waals surface area contributed by atoms with Gasteiger partial charge in [0.2, 0.25) is 0 Å². The van der Waals surface area contributed by atoms with Crippen molar-refractivity contribution in [2.24, 2.45) is 5.73 Å². The Morgan fingerprint density at radius 2 is 2.50 bits per heavy atom. The van der Waals surface area contributed by atoms with Crippen molar-refractivity contribution in [2.75, 3.05) is 6.54 Å². The minimum atomic E-state index is -1.03. The first-order chi connectivity index (χ1) is 4.83. The number of halogens is 1. The van der Waals surface area contributed by atoms with Crippen LogP contribution in [0.15, 0.2) is 12.7 Å². The molecule has 10 heavy (non-hydrogen) atoms. The summed E-state index contributed by atoms with van der Waals surface area (Å²) in [5.74, 6) is 0. The van der Waals surface area contributed by atoms with E-state index < -0.39 is 6.17 Å². The Bertz CT molecular complexity index is 174. The van der Waals surface area contributed by atoms with E-state index in [2.05, 4.69) is 10.1 Å². The van der Waals surface area contributed by atoms with Crippen molar-refractivity contribution < 1.29 is 4.39 Å². The Morgan fingerprint density at radius 1 is 1.70 bits per heavy atom. The number of rotatable bonds is 3. The van der Waals surface area contributed by atoms with E-state index in [-0.39, 0.29) is 13.1 Å². The highest BCUT2D eigenvalue weighted by molar-refractivity contribution is 4.61. The summed E-state index contributed by atoms with van der Waals surface area (Å²) < 4.78 is 13.9. The maximum absolute atomic E-state index is 12.5. The van der Waals surface area contributed by atoms with Crippen molar-refractivity contribution in [2.45, 2.75) is 12.7 Å². The molecule has 0 radical (unpaired) electrons. The fraction of sp³-hybridized carbons (Fsp3) is 0.600. The van der Waals surface area contributed by atoms with Gasteiger partial charge in [0.05, 0.1) is 6.54 Å². The Kier molecular flexibility index (Phi) is 2.33. The van der Waals surface area contributed by atoms with Crippen LogP contribution in [-0.2, 0) is 6.54 Å². The predicted molar refractivity (Wildman–Crippen MR) is 34.0 cm³/mol. The molecule has 0 aliphatic rings. The number of alkyl halides is 1. The van der Waals surface area contributed by atoms with Crippen molar-refractivity contribution >= 4 is 0 Å². The summed E-state index contributed by atoms with van der Waals surface area (Å²) in [5, 5.41) is 3.71. The molecule has 1 aromatic heterocycles. The van der Waals surface area contributed by atoms with E-state index >= 15 is 0 Å². The molecule has 0 aliphatic heterocycles. The first kappa shape index (κ1) is 7.14. The van der Waals surface area contributed by atoms with E-state index in [9.17, 15) is 4.39 Å². The van der Waals surface area contributed by atoms with Gasteiger partial charge in [0.15, 0.2) is 0 Å². The van der Waals surface area contributed by atoms with Crippen molar-refractivity contribution in [3.8, 4) is 0 Å². The lowest BCUT2D eigenvalue weighted by molar-refractivity contribution is 0.292. The molecular formula is C5H9FN4. The van der Waals surface area contributed by atoms with E-state index in [1.54, 1.807) is 0 Å². The molecule has 2 N–H and O–H groups in total. The average molecular weight is 144 g/mol. The quantitative estimate of drug-likeness (QED) is 0.626. The summed E-state index contributed by atoms with van der Waals surface area (Å²) in [5.41, 5.74) is 5.05. The molecule has 1 atom stereocenters. The van der Waals surface area contributed by atoms with Gasteiger partial charge in [-0.05, 0) is 0 Å². The highest BCUT2D eigenvalue weighted by Crippen LogP contribution is 1.91. The average Bonchev–Trinajstić information content (AvgIpc) is 2.40. The van der Waals surface area contributed by atoms with Crippen LogP contribution in [0.3, 0.4) is 0 Å². The van der Waals surface area contributed by atoms with Crippen LogP contribution in [0.1, 0.15) is 0 Å². The topological polar surface area (TPSA) is 56.7 Å². The van der Waals surface area contributed by atoms with Gasteiger partial charge in [0.25, 0.3) is 0 Å². The van der Waals surface area contributed by atoms with Crippen molar-refractivity contribution in [3.63, 3.8) is 0 Å². The van der Waals surface area contributed by atoms with E-state index in [0.29, 0.717) is 0 Å². The van der Waals surface area contributed by atoms with Gasteiger partial charge in [-0.3, -0.25) is 0 Å². The zero-order chi connectivity index (χ0) is 7.40. The van der Waals surface area contributed by atoms with Crippen molar-refractivity contribution in [3.05, 3.63) is 12.7 Å². The van der Waals surface area contributed by atoms with E-state index in [4.69, 9.17) is 5.73 Å². The Morgan fingerprint density at radius 3 is 3.00 bits per heavy atom. The molecule has 1 heterocycles. The maximum Gasteiger partial charge on any atom is 0.137 e. The molecule has 1 rings (SSSR count). The van der Waals surface area contributed by atoms with Gasteiger partial charge in [-0.15, -0.1) is 0 Å². The summed E-state index contributed by atoms with van der Waals surface area (Å²) in [4.78, 5) is 3.65. The second kappa shape index (κ2) is 3.26. The third-order valence-electron chi connectivity index (χ3n) is 1.11. The minimum absolute atomic E-state index is 0.0276. The van der Waals surface area contributed by atoms with Gasteiger partial charge in [-0.2, -0.15) is 5.10 Å². The summed E-state index contributed by atoms with van der Waals surface area (Å²) >= 11 is 0. The standard InChI is InChI=1S/C5H9FN4/c6-5(1-7)2-10-4-8-3-9-10/h3-5H,1-2,7H2. The summed E-state index contributed by atoms with van der Waals surface area (Å²) in [6, 6.07) is 0. The molecule has 4 nitrogen and oxygen atoms in total. The molecule has 1 unspecified atom stereocenters. The Labute approximate surface area is 57.9 Å². The number of aromatic nitrogens is 3. The molecule has 5 heteroatoms. The van der Waals surface area contributed by atoms with Gasteiger partial charge in [0, 0.05) is 6.54 Å². The molecule has 0 spiro atoms. The normalized spacial score (nSPS) is 13.4. The smallest absolute Gasteiger partial charge is 0.137 e. The van der Waals surface area contributed by atoms with Crippen LogP contribution >= 0.6 is 0 Å². The Hall–Kier alpha value is -0.970. The van der Waals surface area contributed by atoms with Gasteiger partial charge in [-0.25, -0.2) is 14.1 Å². The first-order valence-electron chi connectivity index (χ1n) is 2.99. The lowest BCUT2D eigenvalue weighted by Gasteiger charge is -2.02. The molecular weight excluding hydrogens is 135 g/mol. The van der Waals surface area contributed by atoms with Crippen LogP contribution in [0.2, 0.25) is 0 Å². The minimum Gasteiger partial charge on any atom is -0.328 e. The molecule has 1 aromatic rings. The third-order valence-corrected chi connectivity index (χ3v) is 1.11. The second-order valence-electron chi connectivity index (χ2n) is 1.95. The zero-order valence-corrected chi connectivity index (χ0v) is 5.44. The van der Waals surface area contributed by atoms with Gasteiger partial charge >= 0.3 is 0 Å². The molecule has 0 fully saturated rings.